The first kappa shape index (κ1) is 14.9. The number of rotatable bonds is 4. The Balaban J connectivity index is 3.17. The van der Waals surface area contributed by atoms with Gasteiger partial charge in [0.25, 0.3) is 0 Å². The van der Waals surface area contributed by atoms with Crippen molar-refractivity contribution in [1.29, 1.82) is 0 Å². The summed E-state index contributed by atoms with van der Waals surface area (Å²) < 4.78 is 3.18. The van der Waals surface area contributed by atoms with Gasteiger partial charge in [-0.05, 0) is 85.4 Å². The molecule has 16 heavy (non-hydrogen) atoms. The van der Waals surface area contributed by atoms with Gasteiger partial charge in [0, 0.05) is 7.49 Å². The van der Waals surface area contributed by atoms with Gasteiger partial charge in [-0.1, -0.05) is 40.8 Å². The molecule has 0 aromatic heterocycles. The van der Waals surface area contributed by atoms with Gasteiger partial charge in [0.15, 0.2) is 0 Å². The van der Waals surface area contributed by atoms with E-state index in [0.29, 0.717) is 3.92 Å². The Kier molecular flexibility index (Phi) is 6.87. The molecule has 0 fully saturated rings. The molecular formula is C13H13I3. The summed E-state index contributed by atoms with van der Waals surface area (Å²) in [5.41, 5.74) is 2.76. The maximum Gasteiger partial charge on any atom is 0.0344 e. The number of allylic oxidation sites excluding steroid dienone is 3. The van der Waals surface area contributed by atoms with Crippen molar-refractivity contribution in [2.45, 2.75) is 17.3 Å². The predicted molar refractivity (Wildman–Crippen MR) is 98.4 cm³/mol. The van der Waals surface area contributed by atoms with E-state index in [2.05, 4.69) is 106 Å². The van der Waals surface area contributed by atoms with E-state index in [1.807, 2.05) is 6.08 Å². The van der Waals surface area contributed by atoms with Gasteiger partial charge in [0.05, 0.1) is 0 Å². The molecule has 1 aromatic carbocycles. The predicted octanol–water partition coefficient (Wildman–Crippen LogP) is 5.84. The standard InChI is InChI=1S/C13H13I3/c1-3-4-12(16)13(9(2)14)10-5-7-11(15)8-6-10/h3,5-9H,1,4H2,2H3/b13-12+. The largest absolute Gasteiger partial charge is 0.103 e. The SMILES string of the molecule is C=CC/C(I)=C(\c1ccc(I)cc1)C(C)I. The molecule has 1 rings (SSSR count). The van der Waals surface area contributed by atoms with Gasteiger partial charge < -0.3 is 0 Å². The summed E-state index contributed by atoms with van der Waals surface area (Å²) >= 11 is 7.24. The van der Waals surface area contributed by atoms with Crippen molar-refractivity contribution >= 4 is 73.3 Å². The zero-order valence-corrected chi connectivity index (χ0v) is 15.5. The van der Waals surface area contributed by atoms with Crippen LogP contribution in [0.15, 0.2) is 40.5 Å². The lowest BCUT2D eigenvalue weighted by Crippen LogP contribution is -1.98. The van der Waals surface area contributed by atoms with Gasteiger partial charge >= 0.3 is 0 Å². The molecule has 0 nitrogen and oxygen atoms in total. The van der Waals surface area contributed by atoms with Gasteiger partial charge in [-0.25, -0.2) is 0 Å². The van der Waals surface area contributed by atoms with Crippen molar-refractivity contribution in [1.82, 2.24) is 0 Å². The number of halogens is 3. The zero-order chi connectivity index (χ0) is 12.1. The fraction of sp³-hybridized carbons (Fsp3) is 0.231. The zero-order valence-electron chi connectivity index (χ0n) is 9.01. The molecule has 0 heterocycles. The highest BCUT2D eigenvalue weighted by Gasteiger charge is 2.11. The topological polar surface area (TPSA) is 0 Å². The first-order valence-electron chi connectivity index (χ1n) is 4.95. The van der Waals surface area contributed by atoms with E-state index in [-0.39, 0.29) is 0 Å². The maximum absolute atomic E-state index is 3.81. The van der Waals surface area contributed by atoms with Crippen LogP contribution in [0.25, 0.3) is 5.57 Å². The third kappa shape index (κ3) is 4.29. The van der Waals surface area contributed by atoms with Crippen LogP contribution >= 0.6 is 67.8 Å². The fourth-order valence-corrected chi connectivity index (χ4v) is 4.25. The van der Waals surface area contributed by atoms with Crippen LogP contribution in [0.5, 0.6) is 0 Å². The number of hydrogen-bond donors (Lipinski definition) is 0. The van der Waals surface area contributed by atoms with Crippen LogP contribution in [-0.4, -0.2) is 3.92 Å². The van der Waals surface area contributed by atoms with Crippen LogP contribution in [0.2, 0.25) is 0 Å². The summed E-state index contributed by atoms with van der Waals surface area (Å²) in [5, 5.41) is 0. The Labute approximate surface area is 138 Å². The van der Waals surface area contributed by atoms with Crippen molar-refractivity contribution in [3.63, 3.8) is 0 Å². The van der Waals surface area contributed by atoms with E-state index in [1.165, 1.54) is 18.3 Å². The number of hydrogen-bond acceptors (Lipinski definition) is 0. The monoisotopic (exact) mass is 550 g/mol. The summed E-state index contributed by atoms with van der Waals surface area (Å²) in [6.45, 7) is 6.04. The molecule has 0 amide bonds. The van der Waals surface area contributed by atoms with Crippen LogP contribution in [0.4, 0.5) is 0 Å². The van der Waals surface area contributed by atoms with E-state index in [0.717, 1.165) is 6.42 Å². The second-order valence-electron chi connectivity index (χ2n) is 3.43. The molecule has 0 saturated carbocycles. The second kappa shape index (κ2) is 7.35. The lowest BCUT2D eigenvalue weighted by molar-refractivity contribution is 1.27. The van der Waals surface area contributed by atoms with Crippen LogP contribution in [0.1, 0.15) is 18.9 Å². The van der Waals surface area contributed by atoms with Gasteiger partial charge in [-0.3, -0.25) is 0 Å². The summed E-state index contributed by atoms with van der Waals surface area (Å²) in [5.74, 6) is 0. The lowest BCUT2D eigenvalue weighted by atomic mass is 10.0. The van der Waals surface area contributed by atoms with Gasteiger partial charge in [-0.15, -0.1) is 6.58 Å². The highest BCUT2D eigenvalue weighted by Crippen LogP contribution is 2.32. The Morgan fingerprint density at radius 1 is 1.38 bits per heavy atom. The minimum Gasteiger partial charge on any atom is -0.103 e. The van der Waals surface area contributed by atoms with Crippen molar-refractivity contribution in [2.75, 3.05) is 0 Å². The molecule has 0 radical (unpaired) electrons. The van der Waals surface area contributed by atoms with Crippen molar-refractivity contribution in [2.24, 2.45) is 0 Å². The quantitative estimate of drug-likeness (QED) is 0.252. The molecule has 0 spiro atoms. The Morgan fingerprint density at radius 2 is 1.94 bits per heavy atom. The molecule has 0 N–H and O–H groups in total. The Morgan fingerprint density at radius 3 is 2.38 bits per heavy atom. The minimum atomic E-state index is 0.518. The van der Waals surface area contributed by atoms with Crippen molar-refractivity contribution in [3.05, 3.63) is 49.6 Å². The Bertz CT molecular complexity index is 388. The summed E-state index contributed by atoms with van der Waals surface area (Å²) in [7, 11) is 0. The average Bonchev–Trinajstić information content (AvgIpc) is 2.21. The van der Waals surface area contributed by atoms with Crippen LogP contribution < -0.4 is 0 Å². The molecule has 0 saturated heterocycles. The molecule has 1 aromatic rings. The number of alkyl halides is 1. The summed E-state index contributed by atoms with van der Waals surface area (Å²) in [6.07, 6.45) is 2.92. The molecule has 86 valence electrons. The Hall–Kier alpha value is 0.890. The molecule has 3 heteroatoms. The average molecular weight is 550 g/mol. The van der Waals surface area contributed by atoms with E-state index in [9.17, 15) is 0 Å². The van der Waals surface area contributed by atoms with E-state index in [4.69, 9.17) is 0 Å². The molecule has 0 aliphatic carbocycles. The molecular weight excluding hydrogens is 537 g/mol. The normalized spacial score (nSPS) is 14.2. The van der Waals surface area contributed by atoms with Crippen LogP contribution in [-0.2, 0) is 0 Å². The first-order chi connectivity index (χ1) is 7.56. The van der Waals surface area contributed by atoms with Crippen LogP contribution in [0.3, 0.4) is 0 Å². The first-order valence-corrected chi connectivity index (χ1v) is 8.36. The van der Waals surface area contributed by atoms with Gasteiger partial charge in [-0.2, -0.15) is 0 Å². The summed E-state index contributed by atoms with van der Waals surface area (Å²) in [4.78, 5) is 0. The van der Waals surface area contributed by atoms with E-state index >= 15 is 0 Å². The third-order valence-electron chi connectivity index (χ3n) is 2.17. The molecule has 0 aliphatic heterocycles. The van der Waals surface area contributed by atoms with E-state index in [1.54, 1.807) is 0 Å². The summed E-state index contributed by atoms with van der Waals surface area (Å²) in [6, 6.07) is 8.72. The van der Waals surface area contributed by atoms with E-state index < -0.39 is 0 Å². The van der Waals surface area contributed by atoms with Crippen LogP contribution in [0, 0.1) is 3.57 Å². The molecule has 1 unspecified atom stereocenters. The molecule has 0 aliphatic rings. The van der Waals surface area contributed by atoms with Gasteiger partial charge in [0.2, 0.25) is 0 Å². The lowest BCUT2D eigenvalue weighted by Gasteiger charge is -2.13. The fourth-order valence-electron chi connectivity index (χ4n) is 1.47. The van der Waals surface area contributed by atoms with Crippen molar-refractivity contribution < 1.29 is 0 Å². The smallest absolute Gasteiger partial charge is 0.0344 e. The highest BCUT2D eigenvalue weighted by atomic mass is 127. The van der Waals surface area contributed by atoms with Crippen molar-refractivity contribution in [3.8, 4) is 0 Å². The molecule has 0 bridgehead atoms. The highest BCUT2D eigenvalue weighted by molar-refractivity contribution is 14.1. The molecule has 1 atom stereocenters. The van der Waals surface area contributed by atoms with Gasteiger partial charge in [0.1, 0.15) is 0 Å². The number of benzene rings is 1. The minimum absolute atomic E-state index is 0.518. The second-order valence-corrected chi connectivity index (χ2v) is 7.85. The maximum atomic E-state index is 3.81. The third-order valence-corrected chi connectivity index (χ3v) is 4.53.